The molecule has 0 aliphatic carbocycles. The zero-order chi connectivity index (χ0) is 13.0. The van der Waals surface area contributed by atoms with Crippen molar-refractivity contribution in [1.29, 1.82) is 0 Å². The van der Waals surface area contributed by atoms with Crippen LogP contribution in [0.5, 0.6) is 0 Å². The Labute approximate surface area is 110 Å². The molecule has 0 spiro atoms. The molecule has 18 heavy (non-hydrogen) atoms. The molecule has 5 heteroatoms. The summed E-state index contributed by atoms with van der Waals surface area (Å²) in [6, 6.07) is 9.59. The van der Waals surface area contributed by atoms with Crippen LogP contribution < -0.4 is 5.32 Å². The van der Waals surface area contributed by atoms with E-state index in [0.29, 0.717) is 0 Å². The van der Waals surface area contributed by atoms with Gasteiger partial charge in [-0.2, -0.15) is 0 Å². The van der Waals surface area contributed by atoms with Crippen molar-refractivity contribution in [3.8, 4) is 0 Å². The van der Waals surface area contributed by atoms with E-state index in [9.17, 15) is 4.79 Å². The summed E-state index contributed by atoms with van der Waals surface area (Å²) in [5.41, 5.74) is 1.24. The largest absolute Gasteiger partial charge is 0.344 e. The SMILES string of the molecule is C[C@@H](NC(=O)c1cncc(Cl)n1)c1ccccc1. The van der Waals surface area contributed by atoms with Crippen LogP contribution >= 0.6 is 11.6 Å². The van der Waals surface area contributed by atoms with Gasteiger partial charge in [-0.05, 0) is 12.5 Å². The third-order valence-corrected chi connectivity index (χ3v) is 2.67. The van der Waals surface area contributed by atoms with Gasteiger partial charge in [-0.25, -0.2) is 4.98 Å². The minimum atomic E-state index is -0.290. The zero-order valence-electron chi connectivity index (χ0n) is 9.80. The Hall–Kier alpha value is -1.94. The Morgan fingerprint density at radius 2 is 2.00 bits per heavy atom. The smallest absolute Gasteiger partial charge is 0.272 e. The number of carbonyl (C=O) groups is 1. The number of nitrogens with zero attached hydrogens (tertiary/aromatic N) is 2. The fourth-order valence-corrected chi connectivity index (χ4v) is 1.69. The second-order valence-electron chi connectivity index (χ2n) is 3.83. The van der Waals surface area contributed by atoms with Crippen molar-refractivity contribution in [2.75, 3.05) is 0 Å². The van der Waals surface area contributed by atoms with Gasteiger partial charge in [-0.1, -0.05) is 41.9 Å². The van der Waals surface area contributed by atoms with Crippen LogP contribution in [-0.4, -0.2) is 15.9 Å². The monoisotopic (exact) mass is 261 g/mol. The molecule has 2 rings (SSSR count). The summed E-state index contributed by atoms with van der Waals surface area (Å²) in [5, 5.41) is 3.04. The predicted octanol–water partition coefficient (Wildman–Crippen LogP) is 2.62. The van der Waals surface area contributed by atoms with Gasteiger partial charge in [0.25, 0.3) is 5.91 Å². The second kappa shape index (κ2) is 5.60. The maximum Gasteiger partial charge on any atom is 0.272 e. The highest BCUT2D eigenvalue weighted by atomic mass is 35.5. The molecule has 2 aromatic rings. The predicted molar refractivity (Wildman–Crippen MR) is 69.4 cm³/mol. The summed E-state index contributed by atoms with van der Waals surface area (Å²) < 4.78 is 0. The number of halogens is 1. The number of rotatable bonds is 3. The Kier molecular flexibility index (Phi) is 3.89. The van der Waals surface area contributed by atoms with Crippen LogP contribution in [0.25, 0.3) is 0 Å². The standard InChI is InChI=1S/C13H12ClN3O/c1-9(10-5-3-2-4-6-10)16-13(18)11-7-15-8-12(14)17-11/h2-9H,1H3,(H,16,18)/t9-/m1/s1. The van der Waals surface area contributed by atoms with Crippen molar-refractivity contribution in [1.82, 2.24) is 15.3 Å². The number of amides is 1. The van der Waals surface area contributed by atoms with Crippen LogP contribution in [0.1, 0.15) is 29.0 Å². The van der Waals surface area contributed by atoms with Gasteiger partial charge < -0.3 is 5.32 Å². The average molecular weight is 262 g/mol. The Morgan fingerprint density at radius 3 is 2.67 bits per heavy atom. The van der Waals surface area contributed by atoms with Gasteiger partial charge in [0.2, 0.25) is 0 Å². The summed E-state index contributed by atoms with van der Waals surface area (Å²) in [4.78, 5) is 19.6. The molecule has 1 aromatic carbocycles. The first-order chi connectivity index (χ1) is 8.66. The second-order valence-corrected chi connectivity index (χ2v) is 4.22. The maximum atomic E-state index is 11.9. The Bertz CT molecular complexity index is 545. The number of hydrogen-bond acceptors (Lipinski definition) is 3. The fraction of sp³-hybridized carbons (Fsp3) is 0.154. The number of nitrogens with one attached hydrogen (secondary N) is 1. The zero-order valence-corrected chi connectivity index (χ0v) is 10.6. The quantitative estimate of drug-likeness (QED) is 0.924. The van der Waals surface area contributed by atoms with Crippen LogP contribution in [-0.2, 0) is 0 Å². The van der Waals surface area contributed by atoms with Gasteiger partial charge in [-0.3, -0.25) is 9.78 Å². The molecule has 0 bridgehead atoms. The molecule has 1 atom stereocenters. The van der Waals surface area contributed by atoms with E-state index in [-0.39, 0.29) is 22.8 Å². The van der Waals surface area contributed by atoms with E-state index in [1.165, 1.54) is 12.4 Å². The van der Waals surface area contributed by atoms with E-state index >= 15 is 0 Å². The molecule has 0 unspecified atom stereocenters. The first kappa shape index (κ1) is 12.5. The molecule has 0 saturated heterocycles. The van der Waals surface area contributed by atoms with Crippen LogP contribution in [0.2, 0.25) is 5.15 Å². The van der Waals surface area contributed by atoms with Gasteiger partial charge in [0.15, 0.2) is 0 Å². The van der Waals surface area contributed by atoms with Crippen molar-refractivity contribution < 1.29 is 4.79 Å². The first-order valence-electron chi connectivity index (χ1n) is 5.50. The molecule has 0 radical (unpaired) electrons. The van der Waals surface area contributed by atoms with Crippen molar-refractivity contribution in [3.63, 3.8) is 0 Å². The van der Waals surface area contributed by atoms with Crippen LogP contribution in [0.4, 0.5) is 0 Å². The highest BCUT2D eigenvalue weighted by molar-refractivity contribution is 6.29. The molecule has 0 aliphatic rings. The third kappa shape index (κ3) is 3.05. The Morgan fingerprint density at radius 1 is 1.28 bits per heavy atom. The average Bonchev–Trinajstić information content (AvgIpc) is 2.39. The molecule has 0 fully saturated rings. The van der Waals surface area contributed by atoms with Gasteiger partial charge in [-0.15, -0.1) is 0 Å². The van der Waals surface area contributed by atoms with Crippen molar-refractivity contribution in [2.45, 2.75) is 13.0 Å². The van der Waals surface area contributed by atoms with E-state index < -0.39 is 0 Å². The molecule has 0 saturated carbocycles. The van der Waals surface area contributed by atoms with Crippen molar-refractivity contribution in [3.05, 3.63) is 59.1 Å². The van der Waals surface area contributed by atoms with Gasteiger partial charge in [0, 0.05) is 0 Å². The molecule has 4 nitrogen and oxygen atoms in total. The minimum absolute atomic E-state index is 0.0977. The normalized spacial score (nSPS) is 11.9. The van der Waals surface area contributed by atoms with Crippen molar-refractivity contribution >= 4 is 17.5 Å². The lowest BCUT2D eigenvalue weighted by molar-refractivity contribution is 0.0934. The van der Waals surface area contributed by atoms with E-state index in [1.807, 2.05) is 37.3 Å². The van der Waals surface area contributed by atoms with E-state index in [4.69, 9.17) is 11.6 Å². The van der Waals surface area contributed by atoms with Crippen LogP contribution in [0.15, 0.2) is 42.7 Å². The summed E-state index contributed by atoms with van der Waals surface area (Å²) >= 11 is 5.69. The molecule has 1 N–H and O–H groups in total. The summed E-state index contributed by atoms with van der Waals surface area (Å²) in [6.45, 7) is 1.91. The lowest BCUT2D eigenvalue weighted by Crippen LogP contribution is -2.27. The van der Waals surface area contributed by atoms with E-state index in [2.05, 4.69) is 15.3 Å². The van der Waals surface area contributed by atoms with Gasteiger partial charge in [0.1, 0.15) is 10.8 Å². The van der Waals surface area contributed by atoms with Crippen LogP contribution in [0.3, 0.4) is 0 Å². The molecule has 1 heterocycles. The number of carbonyl (C=O) groups excluding carboxylic acids is 1. The van der Waals surface area contributed by atoms with Gasteiger partial charge >= 0.3 is 0 Å². The molecule has 1 amide bonds. The topological polar surface area (TPSA) is 54.9 Å². The molecule has 1 aromatic heterocycles. The molecule has 0 aliphatic heterocycles. The maximum absolute atomic E-state index is 11.9. The number of aromatic nitrogens is 2. The third-order valence-electron chi connectivity index (χ3n) is 2.48. The molecular weight excluding hydrogens is 250 g/mol. The summed E-state index contributed by atoms with van der Waals surface area (Å²) in [5.74, 6) is -0.290. The first-order valence-corrected chi connectivity index (χ1v) is 5.88. The lowest BCUT2D eigenvalue weighted by Gasteiger charge is -2.13. The van der Waals surface area contributed by atoms with E-state index in [0.717, 1.165) is 5.56 Å². The fourth-order valence-electron chi connectivity index (χ4n) is 1.55. The molecule has 92 valence electrons. The number of benzene rings is 1. The van der Waals surface area contributed by atoms with Crippen molar-refractivity contribution in [2.24, 2.45) is 0 Å². The lowest BCUT2D eigenvalue weighted by atomic mass is 10.1. The Balaban J connectivity index is 2.08. The van der Waals surface area contributed by atoms with Crippen LogP contribution in [0, 0.1) is 0 Å². The molecular formula is C13H12ClN3O. The van der Waals surface area contributed by atoms with E-state index in [1.54, 1.807) is 0 Å². The summed E-state index contributed by atoms with van der Waals surface area (Å²) in [7, 11) is 0. The van der Waals surface area contributed by atoms with Gasteiger partial charge in [0.05, 0.1) is 18.4 Å². The highest BCUT2D eigenvalue weighted by Gasteiger charge is 2.12. The highest BCUT2D eigenvalue weighted by Crippen LogP contribution is 2.12. The number of hydrogen-bond donors (Lipinski definition) is 1. The summed E-state index contributed by atoms with van der Waals surface area (Å²) in [6.07, 6.45) is 2.78. The minimum Gasteiger partial charge on any atom is -0.344 e.